The third kappa shape index (κ3) is 4.99. The number of aryl methyl sites for hydroxylation is 1. The van der Waals surface area contributed by atoms with Crippen LogP contribution in [0.5, 0.6) is 5.19 Å². The number of halogens is 4. The van der Waals surface area contributed by atoms with Crippen LogP contribution < -0.4 is 0 Å². The van der Waals surface area contributed by atoms with E-state index in [0.717, 1.165) is 15.9 Å². The van der Waals surface area contributed by atoms with Crippen molar-refractivity contribution < 1.29 is 38.0 Å². The number of hydrogen-bond acceptors (Lipinski definition) is 11. The van der Waals surface area contributed by atoms with Gasteiger partial charge in [-0.25, -0.2) is 9.67 Å². The minimum atomic E-state index is -4.90. The Morgan fingerprint density at radius 3 is 2.62 bits per heavy atom. The first kappa shape index (κ1) is 27.4. The first-order valence-corrected chi connectivity index (χ1v) is 12.6. The summed E-state index contributed by atoms with van der Waals surface area (Å²) < 4.78 is 55.8. The number of aromatic hydroxyl groups is 1. The Hall–Kier alpha value is -3.15. The van der Waals surface area contributed by atoms with E-state index < -0.39 is 49.1 Å². The van der Waals surface area contributed by atoms with E-state index in [4.69, 9.17) is 21.1 Å². The summed E-state index contributed by atoms with van der Waals surface area (Å²) in [6.45, 7) is 0.921. The molecule has 208 valence electrons. The highest BCUT2D eigenvalue weighted by Crippen LogP contribution is 2.42. The quantitative estimate of drug-likeness (QED) is 0.307. The third-order valence-electron chi connectivity index (χ3n) is 6.32. The summed E-state index contributed by atoms with van der Waals surface area (Å²) in [6, 6.07) is 3.32. The summed E-state index contributed by atoms with van der Waals surface area (Å²) in [7, 11) is 1.28. The van der Waals surface area contributed by atoms with Crippen molar-refractivity contribution in [2.45, 2.75) is 43.6 Å². The van der Waals surface area contributed by atoms with Crippen LogP contribution in [-0.2, 0) is 15.7 Å². The molecule has 0 saturated carbocycles. The molecule has 1 aromatic carbocycles. The second-order valence-corrected chi connectivity index (χ2v) is 9.98. The van der Waals surface area contributed by atoms with Crippen LogP contribution in [0.1, 0.15) is 29.4 Å². The minimum absolute atomic E-state index is 0.0582. The van der Waals surface area contributed by atoms with Gasteiger partial charge in [0, 0.05) is 17.5 Å². The molecule has 0 amide bonds. The number of benzene rings is 1. The first-order chi connectivity index (χ1) is 18.5. The SMILES string of the molecule is CO[C@@H]1[C@@H](n2cc(-c3csc(O)n3)nn2)[C@@H](O)[C@@H](CO)O[C@H]1c1nnc(C(F)(F)F)n1-c1cc(Cl)ccc1C. The molecule has 12 nitrogen and oxygen atoms in total. The van der Waals surface area contributed by atoms with E-state index in [1.807, 2.05) is 0 Å². The zero-order valence-electron chi connectivity index (χ0n) is 20.2. The average Bonchev–Trinajstić information content (AvgIpc) is 3.64. The first-order valence-electron chi connectivity index (χ1n) is 11.4. The normalized spacial score (nSPS) is 23.8. The van der Waals surface area contributed by atoms with Gasteiger partial charge in [-0.15, -0.1) is 15.3 Å². The average molecular weight is 588 g/mol. The largest absolute Gasteiger partial charge is 0.486 e. The minimum Gasteiger partial charge on any atom is -0.486 e. The molecule has 17 heteroatoms. The maximum atomic E-state index is 14.1. The topological polar surface area (TPSA) is 153 Å². The standard InChI is InChI=1S/C22H21ClF3N7O5S/c1-9-3-4-10(23)5-13(9)33-19(29-30-20(33)22(24,25)26)18-17(37-2)15(16(35)14(7-34)38-18)32-6-11(28-31-32)12-8-39-21(36)27-12/h3-6,8,14-18,34-35H,7H2,1-2H3,(H,27,36)/t14-,15+,16+,17-,18-/m1/s1. The Kier molecular flexibility index (Phi) is 7.34. The second kappa shape index (κ2) is 10.4. The molecule has 3 aromatic heterocycles. The predicted molar refractivity (Wildman–Crippen MR) is 129 cm³/mol. The number of nitrogens with zero attached hydrogens (tertiary/aromatic N) is 7. The maximum absolute atomic E-state index is 14.1. The molecule has 5 rings (SSSR count). The van der Waals surface area contributed by atoms with Crippen molar-refractivity contribution in [1.29, 1.82) is 0 Å². The molecule has 4 heterocycles. The summed E-state index contributed by atoms with van der Waals surface area (Å²) in [6.07, 6.45) is -8.68. The Morgan fingerprint density at radius 1 is 1.21 bits per heavy atom. The van der Waals surface area contributed by atoms with E-state index in [9.17, 15) is 28.5 Å². The summed E-state index contributed by atoms with van der Waals surface area (Å²) in [5.74, 6) is -1.62. The maximum Gasteiger partial charge on any atom is 0.452 e. The van der Waals surface area contributed by atoms with Crippen molar-refractivity contribution >= 4 is 22.9 Å². The number of aliphatic hydroxyl groups excluding tert-OH is 2. The lowest BCUT2D eigenvalue weighted by Gasteiger charge is -2.43. The fourth-order valence-corrected chi connectivity index (χ4v) is 5.22. The van der Waals surface area contributed by atoms with Crippen LogP contribution in [0.15, 0.2) is 29.8 Å². The van der Waals surface area contributed by atoms with Gasteiger partial charge in [-0.05, 0) is 24.6 Å². The van der Waals surface area contributed by atoms with Crippen molar-refractivity contribution in [3.8, 4) is 22.3 Å². The summed E-state index contributed by atoms with van der Waals surface area (Å²) in [4.78, 5) is 3.94. The van der Waals surface area contributed by atoms with Crippen molar-refractivity contribution in [3.63, 3.8) is 0 Å². The highest BCUT2D eigenvalue weighted by Gasteiger charge is 2.51. The molecule has 0 aliphatic carbocycles. The van der Waals surface area contributed by atoms with Gasteiger partial charge >= 0.3 is 6.18 Å². The molecule has 0 radical (unpaired) electrons. The predicted octanol–water partition coefficient (Wildman–Crippen LogP) is 2.72. The number of thiazole rings is 1. The van der Waals surface area contributed by atoms with Gasteiger partial charge in [0.25, 0.3) is 5.19 Å². The van der Waals surface area contributed by atoms with E-state index in [1.165, 1.54) is 30.1 Å². The lowest BCUT2D eigenvalue weighted by molar-refractivity contribution is -0.218. The van der Waals surface area contributed by atoms with Crippen LogP contribution in [0.25, 0.3) is 17.1 Å². The van der Waals surface area contributed by atoms with Gasteiger partial charge in [0.15, 0.2) is 5.82 Å². The third-order valence-corrected chi connectivity index (χ3v) is 7.20. The number of alkyl halides is 3. The molecule has 3 N–H and O–H groups in total. The highest BCUT2D eigenvalue weighted by molar-refractivity contribution is 7.11. The van der Waals surface area contributed by atoms with E-state index in [0.29, 0.717) is 11.3 Å². The van der Waals surface area contributed by atoms with Crippen molar-refractivity contribution in [3.05, 3.63) is 52.0 Å². The summed E-state index contributed by atoms with van der Waals surface area (Å²) in [5.41, 5.74) is 1.08. The molecule has 1 saturated heterocycles. The van der Waals surface area contributed by atoms with Gasteiger partial charge in [-0.3, -0.25) is 4.57 Å². The number of rotatable bonds is 6. The Bertz CT molecular complexity index is 1480. The molecule has 39 heavy (non-hydrogen) atoms. The van der Waals surface area contributed by atoms with Gasteiger partial charge in [-0.1, -0.05) is 34.2 Å². The highest BCUT2D eigenvalue weighted by atomic mass is 35.5. The lowest BCUT2D eigenvalue weighted by atomic mass is 9.91. The van der Waals surface area contributed by atoms with E-state index >= 15 is 0 Å². The number of aromatic nitrogens is 7. The molecular weight excluding hydrogens is 567 g/mol. The monoisotopic (exact) mass is 587 g/mol. The Balaban J connectivity index is 1.64. The molecule has 1 aliphatic heterocycles. The van der Waals surface area contributed by atoms with Crippen LogP contribution in [0, 0.1) is 6.92 Å². The van der Waals surface area contributed by atoms with Gasteiger partial charge in [0.2, 0.25) is 5.82 Å². The molecular formula is C22H21ClF3N7O5S. The van der Waals surface area contributed by atoms with Crippen LogP contribution >= 0.6 is 22.9 Å². The number of hydrogen-bond donors (Lipinski definition) is 3. The van der Waals surface area contributed by atoms with Crippen molar-refractivity contribution in [2.24, 2.45) is 0 Å². The van der Waals surface area contributed by atoms with Gasteiger partial charge < -0.3 is 24.8 Å². The Labute approximate surface area is 227 Å². The molecule has 0 unspecified atom stereocenters. The molecule has 0 bridgehead atoms. The van der Waals surface area contributed by atoms with Gasteiger partial charge in [0.1, 0.15) is 41.8 Å². The number of methoxy groups -OCH3 is 1. The van der Waals surface area contributed by atoms with Gasteiger partial charge in [0.05, 0.1) is 18.5 Å². The fourth-order valence-electron chi connectivity index (χ4n) is 4.52. The second-order valence-electron chi connectivity index (χ2n) is 8.70. The molecule has 0 spiro atoms. The van der Waals surface area contributed by atoms with Crippen LogP contribution in [-0.4, -0.2) is 82.1 Å². The lowest BCUT2D eigenvalue weighted by Crippen LogP contribution is -2.53. The Morgan fingerprint density at radius 2 is 1.97 bits per heavy atom. The molecule has 1 aliphatic rings. The van der Waals surface area contributed by atoms with Crippen molar-refractivity contribution in [2.75, 3.05) is 13.7 Å². The molecule has 4 aromatic rings. The number of aliphatic hydroxyl groups is 2. The van der Waals surface area contributed by atoms with Crippen molar-refractivity contribution in [1.82, 2.24) is 34.7 Å². The van der Waals surface area contributed by atoms with E-state index in [-0.39, 0.29) is 27.4 Å². The van der Waals surface area contributed by atoms with Crippen LogP contribution in [0.4, 0.5) is 13.2 Å². The van der Waals surface area contributed by atoms with E-state index in [2.05, 4.69) is 25.5 Å². The fraction of sp³-hybridized carbons (Fsp3) is 0.409. The zero-order chi connectivity index (χ0) is 28.1. The smallest absolute Gasteiger partial charge is 0.452 e. The summed E-state index contributed by atoms with van der Waals surface area (Å²) in [5, 5.41) is 47.5. The molecule has 1 fully saturated rings. The van der Waals surface area contributed by atoms with E-state index in [1.54, 1.807) is 18.4 Å². The van der Waals surface area contributed by atoms with Crippen LogP contribution in [0.2, 0.25) is 5.02 Å². The molecule has 5 atom stereocenters. The summed E-state index contributed by atoms with van der Waals surface area (Å²) >= 11 is 7.10. The van der Waals surface area contributed by atoms with Crippen LogP contribution in [0.3, 0.4) is 0 Å². The van der Waals surface area contributed by atoms with Gasteiger partial charge in [-0.2, -0.15) is 13.2 Å². The number of ether oxygens (including phenoxy) is 2. The zero-order valence-corrected chi connectivity index (χ0v) is 21.8.